The van der Waals surface area contributed by atoms with E-state index < -0.39 is 12.0 Å². The molecule has 1 aliphatic heterocycles. The highest BCUT2D eigenvalue weighted by Crippen LogP contribution is 2.38. The van der Waals surface area contributed by atoms with E-state index in [4.69, 9.17) is 11.6 Å². The number of aliphatic carboxylic acids is 1. The monoisotopic (exact) mass is 322 g/mol. The highest BCUT2D eigenvalue weighted by Gasteiger charge is 2.37. The Bertz CT molecular complexity index is 632. The lowest BCUT2D eigenvalue weighted by molar-refractivity contribution is -0.142. The van der Waals surface area contributed by atoms with Gasteiger partial charge in [-0.3, -0.25) is 14.7 Å². The maximum absolute atomic E-state index is 11.5. The van der Waals surface area contributed by atoms with Crippen LogP contribution in [0, 0.1) is 0 Å². The van der Waals surface area contributed by atoms with Crippen LogP contribution < -0.4 is 0 Å². The summed E-state index contributed by atoms with van der Waals surface area (Å²) in [6.07, 6.45) is 5.11. The maximum Gasteiger partial charge on any atom is 0.320 e. The van der Waals surface area contributed by atoms with Crippen LogP contribution in [-0.4, -0.2) is 33.5 Å². The molecule has 0 aliphatic carbocycles. The van der Waals surface area contributed by atoms with Crippen molar-refractivity contribution >= 4 is 28.9 Å². The van der Waals surface area contributed by atoms with E-state index in [9.17, 15) is 9.90 Å². The van der Waals surface area contributed by atoms with E-state index >= 15 is 0 Å². The molecule has 0 amide bonds. The number of hydrogen-bond donors (Lipinski definition) is 1. The second-order valence-corrected chi connectivity index (χ2v) is 6.81. The van der Waals surface area contributed by atoms with Gasteiger partial charge in [0.2, 0.25) is 0 Å². The molecule has 2 aromatic heterocycles. The minimum absolute atomic E-state index is 0.0974. The summed E-state index contributed by atoms with van der Waals surface area (Å²) in [6.45, 7) is 0.770. The quantitative estimate of drug-likeness (QED) is 0.937. The molecular formula is C15H15ClN2O2S. The number of nitrogens with zero attached hydrogens (tertiary/aromatic N) is 2. The summed E-state index contributed by atoms with van der Waals surface area (Å²) in [7, 11) is 0. The molecular weight excluding hydrogens is 308 g/mol. The van der Waals surface area contributed by atoms with Crippen LogP contribution in [0.4, 0.5) is 0 Å². The van der Waals surface area contributed by atoms with Gasteiger partial charge >= 0.3 is 5.97 Å². The zero-order valence-electron chi connectivity index (χ0n) is 11.3. The SMILES string of the molecule is O=C(O)C1CCCN1C(c1cccnc1)c1ccc(Cl)s1. The molecule has 0 radical (unpaired) electrons. The first-order valence-corrected chi connectivity index (χ1v) is 8.00. The lowest BCUT2D eigenvalue weighted by Gasteiger charge is -2.30. The molecule has 1 aliphatic rings. The Labute approximate surface area is 132 Å². The molecule has 0 bridgehead atoms. The van der Waals surface area contributed by atoms with Crippen molar-refractivity contribution in [3.05, 3.63) is 51.4 Å². The minimum atomic E-state index is -0.760. The van der Waals surface area contributed by atoms with Gasteiger partial charge in [-0.1, -0.05) is 17.7 Å². The Morgan fingerprint density at radius 1 is 1.48 bits per heavy atom. The van der Waals surface area contributed by atoms with Gasteiger partial charge in [-0.25, -0.2) is 0 Å². The number of rotatable bonds is 4. The van der Waals surface area contributed by atoms with Crippen molar-refractivity contribution in [2.24, 2.45) is 0 Å². The van der Waals surface area contributed by atoms with E-state index in [0.29, 0.717) is 10.8 Å². The lowest BCUT2D eigenvalue weighted by atomic mass is 10.0. The Balaban J connectivity index is 2.02. The van der Waals surface area contributed by atoms with Gasteiger partial charge in [0.1, 0.15) is 6.04 Å². The third-order valence-corrected chi connectivity index (χ3v) is 5.06. The van der Waals surface area contributed by atoms with Crippen molar-refractivity contribution in [2.45, 2.75) is 24.9 Å². The molecule has 2 aromatic rings. The van der Waals surface area contributed by atoms with Crippen LogP contribution >= 0.6 is 22.9 Å². The fraction of sp³-hybridized carbons (Fsp3) is 0.333. The van der Waals surface area contributed by atoms with Gasteiger partial charge in [-0.05, 0) is 36.6 Å². The first-order chi connectivity index (χ1) is 10.2. The average Bonchev–Trinajstić information content (AvgIpc) is 3.10. The Morgan fingerprint density at radius 3 is 2.95 bits per heavy atom. The highest BCUT2D eigenvalue weighted by molar-refractivity contribution is 7.16. The Hall–Kier alpha value is -1.43. The molecule has 110 valence electrons. The Kier molecular flexibility index (Phi) is 4.24. The molecule has 3 rings (SSSR count). The molecule has 0 spiro atoms. The molecule has 0 aromatic carbocycles. The van der Waals surface area contributed by atoms with Gasteiger partial charge in [0.15, 0.2) is 0 Å². The summed E-state index contributed by atoms with van der Waals surface area (Å²) in [6, 6.07) is 7.15. The third-order valence-electron chi connectivity index (χ3n) is 3.77. The van der Waals surface area contributed by atoms with Crippen LogP contribution in [0.2, 0.25) is 4.34 Å². The number of thiophene rings is 1. The fourth-order valence-corrected chi connectivity index (χ4v) is 4.11. The third kappa shape index (κ3) is 2.95. The number of carboxylic acid groups (broad SMARTS) is 1. The van der Waals surface area contributed by atoms with E-state index in [1.165, 1.54) is 11.3 Å². The van der Waals surface area contributed by atoms with Gasteiger partial charge in [-0.2, -0.15) is 0 Å². The first-order valence-electron chi connectivity index (χ1n) is 6.80. The molecule has 2 atom stereocenters. The van der Waals surface area contributed by atoms with Crippen LogP contribution in [0.5, 0.6) is 0 Å². The van der Waals surface area contributed by atoms with Crippen molar-refractivity contribution in [1.29, 1.82) is 0 Å². The second-order valence-electron chi connectivity index (χ2n) is 5.06. The number of pyridine rings is 1. The van der Waals surface area contributed by atoms with Crippen LogP contribution in [-0.2, 0) is 4.79 Å². The number of likely N-dealkylation sites (tertiary alicyclic amines) is 1. The van der Waals surface area contributed by atoms with E-state index in [-0.39, 0.29) is 6.04 Å². The van der Waals surface area contributed by atoms with Gasteiger partial charge < -0.3 is 5.11 Å². The summed E-state index contributed by atoms with van der Waals surface area (Å²) >= 11 is 7.56. The lowest BCUT2D eigenvalue weighted by Crippen LogP contribution is -2.39. The van der Waals surface area contributed by atoms with Gasteiger partial charge in [0, 0.05) is 23.8 Å². The number of aromatic nitrogens is 1. The van der Waals surface area contributed by atoms with Crippen molar-refractivity contribution in [3.8, 4) is 0 Å². The number of carboxylic acids is 1. The zero-order chi connectivity index (χ0) is 14.8. The predicted octanol–water partition coefficient (Wildman–Crippen LogP) is 3.43. The standard InChI is InChI=1S/C15H15ClN2O2S/c16-13-6-5-12(21-13)14(10-3-1-7-17-9-10)18-8-2-4-11(18)15(19)20/h1,3,5-7,9,11,14H,2,4,8H2,(H,19,20). The molecule has 1 N–H and O–H groups in total. The topological polar surface area (TPSA) is 53.4 Å². The number of hydrogen-bond acceptors (Lipinski definition) is 4. The van der Waals surface area contributed by atoms with E-state index in [1.807, 2.05) is 29.2 Å². The summed E-state index contributed by atoms with van der Waals surface area (Å²) < 4.78 is 0.713. The fourth-order valence-electron chi connectivity index (χ4n) is 2.90. The number of halogens is 1. The smallest absolute Gasteiger partial charge is 0.320 e. The first kappa shape index (κ1) is 14.5. The molecule has 6 heteroatoms. The molecule has 1 saturated heterocycles. The summed E-state index contributed by atoms with van der Waals surface area (Å²) in [4.78, 5) is 18.8. The van der Waals surface area contributed by atoms with Crippen molar-refractivity contribution in [3.63, 3.8) is 0 Å². The minimum Gasteiger partial charge on any atom is -0.480 e. The van der Waals surface area contributed by atoms with Gasteiger partial charge in [0.25, 0.3) is 0 Å². The summed E-state index contributed by atoms with van der Waals surface area (Å²) in [5, 5.41) is 9.45. The van der Waals surface area contributed by atoms with Crippen LogP contribution in [0.15, 0.2) is 36.7 Å². The van der Waals surface area contributed by atoms with Crippen molar-refractivity contribution < 1.29 is 9.90 Å². The van der Waals surface area contributed by atoms with Crippen LogP contribution in [0.3, 0.4) is 0 Å². The largest absolute Gasteiger partial charge is 0.480 e. The van der Waals surface area contributed by atoms with Gasteiger partial charge in [0.05, 0.1) is 10.4 Å². The normalized spacial score (nSPS) is 20.5. The van der Waals surface area contributed by atoms with Crippen molar-refractivity contribution in [1.82, 2.24) is 9.88 Å². The second kappa shape index (κ2) is 6.13. The molecule has 2 unspecified atom stereocenters. The van der Waals surface area contributed by atoms with E-state index in [2.05, 4.69) is 4.98 Å². The summed E-state index contributed by atoms with van der Waals surface area (Å²) in [5.41, 5.74) is 1.00. The van der Waals surface area contributed by atoms with Crippen LogP contribution in [0.25, 0.3) is 0 Å². The van der Waals surface area contributed by atoms with Crippen molar-refractivity contribution in [2.75, 3.05) is 6.54 Å². The van der Waals surface area contributed by atoms with E-state index in [1.54, 1.807) is 12.4 Å². The van der Waals surface area contributed by atoms with Gasteiger partial charge in [-0.15, -0.1) is 11.3 Å². The average molecular weight is 323 g/mol. The highest BCUT2D eigenvalue weighted by atomic mass is 35.5. The maximum atomic E-state index is 11.5. The molecule has 21 heavy (non-hydrogen) atoms. The Morgan fingerprint density at radius 2 is 2.33 bits per heavy atom. The molecule has 1 fully saturated rings. The zero-order valence-corrected chi connectivity index (χ0v) is 12.8. The number of carbonyl (C=O) groups is 1. The van der Waals surface area contributed by atoms with E-state index in [0.717, 1.165) is 23.4 Å². The van der Waals surface area contributed by atoms with Crippen LogP contribution in [0.1, 0.15) is 29.3 Å². The molecule has 0 saturated carbocycles. The molecule has 4 nitrogen and oxygen atoms in total. The predicted molar refractivity (Wildman–Crippen MR) is 82.8 cm³/mol. The summed E-state index contributed by atoms with van der Waals surface area (Å²) in [5.74, 6) is -0.760. The molecule has 3 heterocycles.